The number of methoxy groups -OCH3 is 1. The van der Waals surface area contributed by atoms with E-state index in [9.17, 15) is 13.2 Å². The SMILES string of the molecule is CNS(=O)(=O)c1cc(C(=O)N(C)Cc2cn(-c3ccccc3)nc2-c2ccccc2)ccc1OC. The standard InChI is InChI=1S/C26H26N4O4S/c1-27-35(32,33)24-16-20(14-15-23(24)34-3)26(31)29(2)17-21-18-30(22-12-8-5-9-13-22)28-25(21)19-10-6-4-7-11-19/h4-16,18,27H,17H2,1-3H3. The smallest absolute Gasteiger partial charge is 0.253 e. The molecule has 3 aromatic carbocycles. The van der Waals surface area contributed by atoms with E-state index in [0.29, 0.717) is 0 Å². The Hall–Kier alpha value is -3.95. The van der Waals surface area contributed by atoms with Crippen molar-refractivity contribution in [2.24, 2.45) is 0 Å². The van der Waals surface area contributed by atoms with Gasteiger partial charge in [0.05, 0.1) is 18.5 Å². The lowest BCUT2D eigenvalue weighted by molar-refractivity contribution is 0.0785. The number of carbonyl (C=O) groups is 1. The summed E-state index contributed by atoms with van der Waals surface area (Å²) in [5.41, 5.74) is 3.69. The molecule has 1 N–H and O–H groups in total. The highest BCUT2D eigenvalue weighted by molar-refractivity contribution is 7.89. The monoisotopic (exact) mass is 490 g/mol. The first-order valence-electron chi connectivity index (χ1n) is 10.9. The largest absolute Gasteiger partial charge is 0.495 e. The molecule has 180 valence electrons. The summed E-state index contributed by atoms with van der Waals surface area (Å²) in [4.78, 5) is 14.7. The molecule has 1 heterocycles. The Morgan fingerprint density at radius 1 is 1.03 bits per heavy atom. The third-order valence-electron chi connectivity index (χ3n) is 5.58. The Morgan fingerprint density at radius 3 is 2.31 bits per heavy atom. The molecule has 1 aromatic heterocycles. The van der Waals surface area contributed by atoms with Gasteiger partial charge in [-0.1, -0.05) is 48.5 Å². The molecule has 0 spiro atoms. The van der Waals surface area contributed by atoms with Crippen molar-refractivity contribution in [3.63, 3.8) is 0 Å². The van der Waals surface area contributed by atoms with Gasteiger partial charge in [0.2, 0.25) is 10.0 Å². The van der Waals surface area contributed by atoms with Crippen molar-refractivity contribution >= 4 is 15.9 Å². The molecule has 0 bridgehead atoms. The Kier molecular flexibility index (Phi) is 6.99. The number of rotatable bonds is 8. The predicted molar refractivity (Wildman–Crippen MR) is 134 cm³/mol. The van der Waals surface area contributed by atoms with E-state index in [4.69, 9.17) is 9.84 Å². The molecule has 8 nitrogen and oxygen atoms in total. The molecule has 0 aliphatic rings. The number of nitrogens with zero attached hydrogens (tertiary/aromatic N) is 3. The summed E-state index contributed by atoms with van der Waals surface area (Å²) in [6.07, 6.45) is 1.91. The zero-order valence-corrected chi connectivity index (χ0v) is 20.5. The quantitative estimate of drug-likeness (QED) is 0.406. The van der Waals surface area contributed by atoms with E-state index < -0.39 is 10.0 Å². The number of para-hydroxylation sites is 1. The van der Waals surface area contributed by atoms with Crippen LogP contribution in [0.3, 0.4) is 0 Å². The Bertz CT molecular complexity index is 1430. The molecule has 9 heteroatoms. The van der Waals surface area contributed by atoms with Crippen molar-refractivity contribution < 1.29 is 17.9 Å². The molecular weight excluding hydrogens is 464 g/mol. The van der Waals surface area contributed by atoms with Crippen LogP contribution in [0.1, 0.15) is 15.9 Å². The number of carbonyl (C=O) groups excluding carboxylic acids is 1. The minimum absolute atomic E-state index is 0.0939. The maximum Gasteiger partial charge on any atom is 0.253 e. The van der Waals surface area contributed by atoms with E-state index >= 15 is 0 Å². The lowest BCUT2D eigenvalue weighted by atomic mass is 10.1. The van der Waals surface area contributed by atoms with Crippen LogP contribution < -0.4 is 9.46 Å². The van der Waals surface area contributed by atoms with E-state index in [0.717, 1.165) is 22.5 Å². The highest BCUT2D eigenvalue weighted by Gasteiger charge is 2.23. The maximum absolute atomic E-state index is 13.3. The van der Waals surface area contributed by atoms with Crippen LogP contribution in [0.15, 0.2) is 90.0 Å². The van der Waals surface area contributed by atoms with Gasteiger partial charge >= 0.3 is 0 Å². The number of benzene rings is 3. The van der Waals surface area contributed by atoms with Crippen molar-refractivity contribution in [3.8, 4) is 22.7 Å². The Balaban J connectivity index is 1.68. The molecule has 1 amide bonds. The van der Waals surface area contributed by atoms with Crippen LogP contribution in [-0.4, -0.2) is 50.2 Å². The molecule has 0 atom stereocenters. The number of amides is 1. The number of aromatic nitrogens is 2. The Morgan fingerprint density at radius 2 is 1.69 bits per heavy atom. The van der Waals surface area contributed by atoms with Gasteiger partial charge in [-0.2, -0.15) is 5.10 Å². The van der Waals surface area contributed by atoms with Crippen LogP contribution in [0, 0.1) is 0 Å². The molecular formula is C26H26N4O4S. The fraction of sp³-hybridized carbons (Fsp3) is 0.154. The fourth-order valence-corrected chi connectivity index (χ4v) is 4.67. The zero-order chi connectivity index (χ0) is 25.0. The minimum Gasteiger partial charge on any atom is -0.495 e. The normalized spacial score (nSPS) is 11.3. The van der Waals surface area contributed by atoms with Gasteiger partial charge in [-0.3, -0.25) is 4.79 Å². The van der Waals surface area contributed by atoms with Crippen molar-refractivity contribution in [2.45, 2.75) is 11.4 Å². The summed E-state index contributed by atoms with van der Waals surface area (Å²) < 4.78 is 34.1. The van der Waals surface area contributed by atoms with E-state index in [1.807, 2.05) is 66.9 Å². The molecule has 35 heavy (non-hydrogen) atoms. The Labute approximate surface area is 204 Å². The van der Waals surface area contributed by atoms with Gasteiger partial charge in [0, 0.05) is 36.5 Å². The summed E-state index contributed by atoms with van der Waals surface area (Å²) in [7, 11) is 0.556. The third kappa shape index (κ3) is 5.11. The average Bonchev–Trinajstić information content (AvgIpc) is 3.32. The second-order valence-corrected chi connectivity index (χ2v) is 9.74. The van der Waals surface area contributed by atoms with E-state index in [2.05, 4.69) is 4.72 Å². The average molecular weight is 491 g/mol. The van der Waals surface area contributed by atoms with Gasteiger partial charge in [-0.25, -0.2) is 17.8 Å². The maximum atomic E-state index is 13.3. The lowest BCUT2D eigenvalue weighted by Gasteiger charge is -2.18. The predicted octanol–water partition coefficient (Wildman–Crippen LogP) is 3.73. The van der Waals surface area contributed by atoms with Crippen molar-refractivity contribution in [2.75, 3.05) is 21.2 Å². The van der Waals surface area contributed by atoms with E-state index in [-0.39, 0.29) is 28.7 Å². The summed E-state index contributed by atoms with van der Waals surface area (Å²) in [6.45, 7) is 0.274. The lowest BCUT2D eigenvalue weighted by Crippen LogP contribution is -2.27. The van der Waals surface area contributed by atoms with Gasteiger partial charge in [-0.15, -0.1) is 0 Å². The highest BCUT2D eigenvalue weighted by atomic mass is 32.2. The number of nitrogens with one attached hydrogen (secondary N) is 1. The number of sulfonamides is 1. The number of hydrogen-bond donors (Lipinski definition) is 1. The summed E-state index contributed by atoms with van der Waals surface area (Å²) in [6, 6.07) is 23.9. The summed E-state index contributed by atoms with van der Waals surface area (Å²) in [5.74, 6) is -0.166. The molecule has 0 aliphatic carbocycles. The molecule has 0 aliphatic heterocycles. The minimum atomic E-state index is -3.81. The van der Waals surface area contributed by atoms with Crippen LogP contribution in [0.25, 0.3) is 16.9 Å². The van der Waals surface area contributed by atoms with Crippen molar-refractivity contribution in [3.05, 3.63) is 96.2 Å². The molecule has 0 saturated carbocycles. The van der Waals surface area contributed by atoms with Crippen LogP contribution in [0.5, 0.6) is 5.75 Å². The van der Waals surface area contributed by atoms with Crippen molar-refractivity contribution in [1.82, 2.24) is 19.4 Å². The zero-order valence-electron chi connectivity index (χ0n) is 19.7. The first-order chi connectivity index (χ1) is 16.8. The first kappa shape index (κ1) is 24.2. The molecule has 0 fully saturated rings. The van der Waals surface area contributed by atoms with E-state index in [1.54, 1.807) is 17.8 Å². The second kappa shape index (κ2) is 10.1. The van der Waals surface area contributed by atoms with Crippen LogP contribution in [0.4, 0.5) is 0 Å². The van der Waals surface area contributed by atoms with Gasteiger partial charge < -0.3 is 9.64 Å². The van der Waals surface area contributed by atoms with Crippen LogP contribution >= 0.6 is 0 Å². The van der Waals surface area contributed by atoms with Crippen LogP contribution in [-0.2, 0) is 16.6 Å². The van der Waals surface area contributed by atoms with Gasteiger partial charge in [0.25, 0.3) is 5.91 Å². The topological polar surface area (TPSA) is 93.5 Å². The second-order valence-electron chi connectivity index (χ2n) is 7.88. The van der Waals surface area contributed by atoms with E-state index in [1.165, 1.54) is 31.2 Å². The van der Waals surface area contributed by atoms with Crippen LogP contribution in [0.2, 0.25) is 0 Å². The molecule has 0 radical (unpaired) electrons. The number of ether oxygens (including phenoxy) is 1. The molecule has 4 aromatic rings. The molecule has 0 saturated heterocycles. The molecule has 4 rings (SSSR count). The van der Waals surface area contributed by atoms with Gasteiger partial charge in [0.1, 0.15) is 10.6 Å². The third-order valence-corrected chi connectivity index (χ3v) is 7.02. The van der Waals surface area contributed by atoms with Crippen molar-refractivity contribution in [1.29, 1.82) is 0 Å². The van der Waals surface area contributed by atoms with Gasteiger partial charge in [0.15, 0.2) is 0 Å². The first-order valence-corrected chi connectivity index (χ1v) is 12.4. The number of hydrogen-bond acceptors (Lipinski definition) is 5. The summed E-state index contributed by atoms with van der Waals surface area (Å²) in [5, 5.41) is 4.79. The fourth-order valence-electron chi connectivity index (χ4n) is 3.75. The van der Waals surface area contributed by atoms with Gasteiger partial charge in [-0.05, 0) is 37.4 Å². The highest BCUT2D eigenvalue weighted by Crippen LogP contribution is 2.27. The molecule has 0 unspecified atom stereocenters. The summed E-state index contributed by atoms with van der Waals surface area (Å²) >= 11 is 0.